The van der Waals surface area contributed by atoms with Crippen molar-refractivity contribution < 1.29 is 9.52 Å². The number of aliphatic hydroxyl groups excluding tert-OH is 1. The number of rotatable bonds is 4. The molecule has 1 aromatic heterocycles. The van der Waals surface area contributed by atoms with Gasteiger partial charge >= 0.3 is 0 Å². The first-order chi connectivity index (χ1) is 8.20. The highest BCUT2D eigenvalue weighted by Crippen LogP contribution is 2.24. The first kappa shape index (κ1) is 11.9. The van der Waals surface area contributed by atoms with Crippen molar-refractivity contribution in [1.82, 2.24) is 0 Å². The van der Waals surface area contributed by atoms with Crippen LogP contribution in [0.4, 0.5) is 0 Å². The van der Waals surface area contributed by atoms with E-state index in [-0.39, 0.29) is 0 Å². The average molecular weight is 230 g/mol. The molecule has 0 saturated heterocycles. The van der Waals surface area contributed by atoms with Crippen molar-refractivity contribution in [3.05, 3.63) is 59.0 Å². The van der Waals surface area contributed by atoms with E-state index in [2.05, 4.69) is 19.1 Å². The molecule has 1 aromatic carbocycles. The zero-order valence-corrected chi connectivity index (χ0v) is 10.3. The van der Waals surface area contributed by atoms with E-state index in [4.69, 9.17) is 4.42 Å². The topological polar surface area (TPSA) is 33.4 Å². The standard InChI is InChI=1S/C15H18O2/c1-3-4-12-5-7-13(8-6-12)15(16)14-9-11(2)17-10-14/h5-10,15-16H,3-4H2,1-2H3. The van der Waals surface area contributed by atoms with Crippen LogP contribution in [0.15, 0.2) is 41.0 Å². The molecule has 0 aliphatic rings. The zero-order valence-electron chi connectivity index (χ0n) is 10.3. The summed E-state index contributed by atoms with van der Waals surface area (Å²) >= 11 is 0. The molecule has 0 spiro atoms. The fourth-order valence-corrected chi connectivity index (χ4v) is 1.95. The van der Waals surface area contributed by atoms with Gasteiger partial charge in [-0.25, -0.2) is 0 Å². The molecule has 1 atom stereocenters. The molecule has 2 nitrogen and oxygen atoms in total. The Labute approximate surface area is 102 Å². The first-order valence-corrected chi connectivity index (χ1v) is 6.02. The van der Waals surface area contributed by atoms with E-state index in [1.807, 2.05) is 25.1 Å². The van der Waals surface area contributed by atoms with Crippen LogP contribution in [0.1, 0.15) is 41.9 Å². The maximum absolute atomic E-state index is 10.2. The molecule has 0 amide bonds. The van der Waals surface area contributed by atoms with Crippen LogP contribution < -0.4 is 0 Å². The van der Waals surface area contributed by atoms with E-state index in [9.17, 15) is 5.11 Å². The Hall–Kier alpha value is -1.54. The summed E-state index contributed by atoms with van der Waals surface area (Å²) in [7, 11) is 0. The lowest BCUT2D eigenvalue weighted by Gasteiger charge is -2.09. The summed E-state index contributed by atoms with van der Waals surface area (Å²) in [6, 6.07) is 9.99. The summed E-state index contributed by atoms with van der Waals surface area (Å²) in [4.78, 5) is 0. The quantitative estimate of drug-likeness (QED) is 0.870. The van der Waals surface area contributed by atoms with Crippen molar-refractivity contribution in [1.29, 1.82) is 0 Å². The third kappa shape index (κ3) is 2.77. The number of hydrogen-bond donors (Lipinski definition) is 1. The Kier molecular flexibility index (Phi) is 3.64. The van der Waals surface area contributed by atoms with E-state index in [1.165, 1.54) is 5.56 Å². The van der Waals surface area contributed by atoms with Crippen molar-refractivity contribution >= 4 is 0 Å². The second kappa shape index (κ2) is 5.19. The Morgan fingerprint density at radius 2 is 1.88 bits per heavy atom. The SMILES string of the molecule is CCCc1ccc(C(O)c2coc(C)c2)cc1. The van der Waals surface area contributed by atoms with E-state index in [0.29, 0.717) is 0 Å². The van der Waals surface area contributed by atoms with Gasteiger partial charge in [-0.3, -0.25) is 0 Å². The minimum atomic E-state index is -0.594. The third-order valence-electron chi connectivity index (χ3n) is 2.90. The molecule has 2 rings (SSSR count). The van der Waals surface area contributed by atoms with Crippen molar-refractivity contribution in [2.75, 3.05) is 0 Å². The molecule has 0 fully saturated rings. The molecule has 0 aliphatic heterocycles. The normalized spacial score (nSPS) is 12.6. The van der Waals surface area contributed by atoms with Crippen LogP contribution in [0.2, 0.25) is 0 Å². The predicted octanol–water partition coefficient (Wildman–Crippen LogP) is 3.62. The zero-order chi connectivity index (χ0) is 12.3. The first-order valence-electron chi connectivity index (χ1n) is 6.02. The van der Waals surface area contributed by atoms with Gasteiger partial charge in [0.2, 0.25) is 0 Å². The van der Waals surface area contributed by atoms with Crippen LogP contribution in [-0.2, 0) is 6.42 Å². The van der Waals surface area contributed by atoms with Gasteiger partial charge in [0.25, 0.3) is 0 Å². The summed E-state index contributed by atoms with van der Waals surface area (Å²) in [6.07, 6.45) is 3.24. The fraction of sp³-hybridized carbons (Fsp3) is 0.333. The maximum atomic E-state index is 10.2. The molecule has 1 heterocycles. The molecule has 0 bridgehead atoms. The summed E-state index contributed by atoms with van der Waals surface area (Å²) in [5, 5.41) is 10.2. The lowest BCUT2D eigenvalue weighted by Crippen LogP contribution is -1.98. The second-order valence-electron chi connectivity index (χ2n) is 4.38. The van der Waals surface area contributed by atoms with Crippen LogP contribution in [0.5, 0.6) is 0 Å². The lowest BCUT2D eigenvalue weighted by atomic mass is 10.0. The highest BCUT2D eigenvalue weighted by Gasteiger charge is 2.12. The van der Waals surface area contributed by atoms with Crippen molar-refractivity contribution in [2.24, 2.45) is 0 Å². The number of hydrogen-bond acceptors (Lipinski definition) is 2. The number of aryl methyl sites for hydroxylation is 2. The Balaban J connectivity index is 2.16. The number of furan rings is 1. The Morgan fingerprint density at radius 3 is 2.41 bits per heavy atom. The van der Waals surface area contributed by atoms with Gasteiger partial charge in [-0.15, -0.1) is 0 Å². The average Bonchev–Trinajstić information content (AvgIpc) is 2.76. The summed E-state index contributed by atoms with van der Waals surface area (Å²) < 4.78 is 5.21. The van der Waals surface area contributed by atoms with Crippen LogP contribution >= 0.6 is 0 Å². The van der Waals surface area contributed by atoms with Crippen molar-refractivity contribution in [3.8, 4) is 0 Å². The van der Waals surface area contributed by atoms with Gasteiger partial charge in [0.05, 0.1) is 6.26 Å². The largest absolute Gasteiger partial charge is 0.469 e. The van der Waals surface area contributed by atoms with E-state index >= 15 is 0 Å². The molecule has 17 heavy (non-hydrogen) atoms. The highest BCUT2D eigenvalue weighted by molar-refractivity contribution is 5.31. The van der Waals surface area contributed by atoms with Crippen LogP contribution in [0, 0.1) is 6.92 Å². The predicted molar refractivity (Wildman–Crippen MR) is 67.9 cm³/mol. The number of benzene rings is 1. The molecule has 0 saturated carbocycles. The highest BCUT2D eigenvalue weighted by atomic mass is 16.3. The van der Waals surface area contributed by atoms with Gasteiger partial charge in [-0.05, 0) is 30.5 Å². The van der Waals surface area contributed by atoms with Crippen molar-refractivity contribution in [2.45, 2.75) is 32.8 Å². The summed E-state index contributed by atoms with van der Waals surface area (Å²) in [5.74, 6) is 0.821. The molecule has 1 unspecified atom stereocenters. The molecular formula is C15H18O2. The van der Waals surface area contributed by atoms with E-state index < -0.39 is 6.10 Å². The van der Waals surface area contributed by atoms with Gasteiger partial charge in [-0.1, -0.05) is 37.6 Å². The van der Waals surface area contributed by atoms with Gasteiger partial charge < -0.3 is 9.52 Å². The van der Waals surface area contributed by atoms with Crippen LogP contribution in [0.3, 0.4) is 0 Å². The lowest BCUT2D eigenvalue weighted by molar-refractivity contribution is 0.219. The van der Waals surface area contributed by atoms with Gasteiger partial charge in [-0.2, -0.15) is 0 Å². The minimum absolute atomic E-state index is 0.594. The Bertz CT molecular complexity index is 468. The maximum Gasteiger partial charge on any atom is 0.107 e. The number of aliphatic hydroxyl groups is 1. The van der Waals surface area contributed by atoms with Gasteiger partial charge in [0.15, 0.2) is 0 Å². The molecule has 90 valence electrons. The van der Waals surface area contributed by atoms with Crippen molar-refractivity contribution in [3.63, 3.8) is 0 Å². The summed E-state index contributed by atoms with van der Waals surface area (Å²) in [6.45, 7) is 4.04. The molecule has 1 N–H and O–H groups in total. The van der Waals surface area contributed by atoms with E-state index in [0.717, 1.165) is 29.7 Å². The van der Waals surface area contributed by atoms with E-state index in [1.54, 1.807) is 6.26 Å². The van der Waals surface area contributed by atoms with Gasteiger partial charge in [0, 0.05) is 5.56 Å². The summed E-state index contributed by atoms with van der Waals surface area (Å²) in [5.41, 5.74) is 3.03. The smallest absolute Gasteiger partial charge is 0.107 e. The second-order valence-corrected chi connectivity index (χ2v) is 4.38. The Morgan fingerprint density at radius 1 is 1.18 bits per heavy atom. The molecule has 0 aliphatic carbocycles. The molecule has 2 aromatic rings. The van der Waals surface area contributed by atoms with Crippen LogP contribution in [0.25, 0.3) is 0 Å². The monoisotopic (exact) mass is 230 g/mol. The molecule has 0 radical (unpaired) electrons. The third-order valence-corrected chi connectivity index (χ3v) is 2.90. The fourth-order valence-electron chi connectivity index (χ4n) is 1.95. The minimum Gasteiger partial charge on any atom is -0.469 e. The van der Waals surface area contributed by atoms with Gasteiger partial charge in [0.1, 0.15) is 11.9 Å². The molecular weight excluding hydrogens is 212 g/mol. The van der Waals surface area contributed by atoms with Crippen LogP contribution in [-0.4, -0.2) is 5.11 Å². The molecule has 2 heteroatoms.